The Hall–Kier alpha value is -0.910. The number of hydrogen-bond donors (Lipinski definition) is 2. The third-order valence-corrected chi connectivity index (χ3v) is 2.10. The van der Waals surface area contributed by atoms with Gasteiger partial charge in [0.1, 0.15) is 0 Å². The van der Waals surface area contributed by atoms with Gasteiger partial charge in [0, 0.05) is 26.4 Å². The van der Waals surface area contributed by atoms with Crippen LogP contribution in [-0.4, -0.2) is 41.0 Å². The quantitative estimate of drug-likeness (QED) is 0.592. The van der Waals surface area contributed by atoms with E-state index in [4.69, 9.17) is 9.84 Å². The molecule has 0 aliphatic rings. The monoisotopic (exact) mass is 213 g/mol. The van der Waals surface area contributed by atoms with Crippen LogP contribution < -0.4 is 5.32 Å². The Labute approximate surface area is 90.1 Å². The first-order chi connectivity index (χ1) is 7.34. The maximum atomic E-state index is 8.47. The standard InChI is InChI=1S/C10H19N3O2/c1-13-9-12-8-10(13)7-11-3-2-5-15-6-4-14/h8-9,11,14H,2-7H2,1H3. The fourth-order valence-corrected chi connectivity index (χ4v) is 1.24. The van der Waals surface area contributed by atoms with Crippen LogP contribution in [0.2, 0.25) is 0 Å². The van der Waals surface area contributed by atoms with E-state index < -0.39 is 0 Å². The molecule has 0 fully saturated rings. The molecule has 5 nitrogen and oxygen atoms in total. The molecular formula is C10H19N3O2. The van der Waals surface area contributed by atoms with Crippen molar-refractivity contribution in [2.75, 3.05) is 26.4 Å². The number of nitrogens with one attached hydrogen (secondary N) is 1. The highest BCUT2D eigenvalue weighted by molar-refractivity contribution is 4.96. The average molecular weight is 213 g/mol. The Morgan fingerprint density at radius 1 is 1.53 bits per heavy atom. The smallest absolute Gasteiger partial charge is 0.0945 e. The van der Waals surface area contributed by atoms with E-state index >= 15 is 0 Å². The van der Waals surface area contributed by atoms with E-state index in [1.807, 2.05) is 17.8 Å². The molecule has 1 aromatic rings. The first kappa shape index (κ1) is 12.2. The van der Waals surface area contributed by atoms with Crippen LogP contribution in [0.1, 0.15) is 12.1 Å². The van der Waals surface area contributed by atoms with Crippen molar-refractivity contribution >= 4 is 0 Å². The van der Waals surface area contributed by atoms with Gasteiger partial charge in [-0.2, -0.15) is 0 Å². The molecule has 0 spiro atoms. The number of nitrogens with zero attached hydrogens (tertiary/aromatic N) is 2. The number of aliphatic hydroxyl groups is 1. The van der Waals surface area contributed by atoms with E-state index in [9.17, 15) is 0 Å². The van der Waals surface area contributed by atoms with E-state index in [1.54, 1.807) is 6.33 Å². The second kappa shape index (κ2) is 7.39. The summed E-state index contributed by atoms with van der Waals surface area (Å²) in [4.78, 5) is 4.03. The minimum Gasteiger partial charge on any atom is -0.394 e. The fourth-order valence-electron chi connectivity index (χ4n) is 1.24. The number of rotatable bonds is 8. The molecule has 0 saturated heterocycles. The topological polar surface area (TPSA) is 59.3 Å². The molecule has 1 heterocycles. The van der Waals surface area contributed by atoms with Crippen molar-refractivity contribution in [1.82, 2.24) is 14.9 Å². The lowest BCUT2D eigenvalue weighted by atomic mass is 10.4. The highest BCUT2D eigenvalue weighted by Crippen LogP contribution is 1.94. The number of hydrogen-bond acceptors (Lipinski definition) is 4. The molecule has 86 valence electrons. The minimum atomic E-state index is 0.0997. The summed E-state index contributed by atoms with van der Waals surface area (Å²) in [5.74, 6) is 0. The molecule has 1 aromatic heterocycles. The molecule has 0 saturated carbocycles. The van der Waals surface area contributed by atoms with Gasteiger partial charge in [0.2, 0.25) is 0 Å². The minimum absolute atomic E-state index is 0.0997. The molecule has 15 heavy (non-hydrogen) atoms. The van der Waals surface area contributed by atoms with E-state index in [1.165, 1.54) is 5.69 Å². The normalized spacial score (nSPS) is 10.8. The van der Waals surface area contributed by atoms with Gasteiger partial charge in [-0.3, -0.25) is 0 Å². The zero-order valence-electron chi connectivity index (χ0n) is 9.15. The molecule has 0 unspecified atom stereocenters. The summed E-state index contributed by atoms with van der Waals surface area (Å²) in [5, 5.41) is 11.8. The van der Waals surface area contributed by atoms with Crippen LogP contribution in [0.4, 0.5) is 0 Å². The van der Waals surface area contributed by atoms with E-state index in [2.05, 4.69) is 10.3 Å². The second-order valence-corrected chi connectivity index (χ2v) is 3.36. The van der Waals surface area contributed by atoms with Crippen molar-refractivity contribution in [3.63, 3.8) is 0 Å². The first-order valence-corrected chi connectivity index (χ1v) is 5.19. The van der Waals surface area contributed by atoms with Gasteiger partial charge in [0.25, 0.3) is 0 Å². The van der Waals surface area contributed by atoms with Crippen LogP contribution in [-0.2, 0) is 18.3 Å². The summed E-state index contributed by atoms with van der Waals surface area (Å²) in [5.41, 5.74) is 1.17. The number of aromatic nitrogens is 2. The first-order valence-electron chi connectivity index (χ1n) is 5.19. The van der Waals surface area contributed by atoms with Crippen LogP contribution in [0.3, 0.4) is 0 Å². The van der Waals surface area contributed by atoms with Gasteiger partial charge in [0.15, 0.2) is 0 Å². The lowest BCUT2D eigenvalue weighted by Crippen LogP contribution is -2.18. The molecule has 1 rings (SSSR count). The Bertz CT molecular complexity index is 263. The Kier molecular flexibility index (Phi) is 5.99. The summed E-state index contributed by atoms with van der Waals surface area (Å²) in [7, 11) is 1.98. The number of aryl methyl sites for hydroxylation is 1. The lowest BCUT2D eigenvalue weighted by Gasteiger charge is -2.05. The van der Waals surface area contributed by atoms with E-state index in [0.29, 0.717) is 13.2 Å². The number of imidazole rings is 1. The lowest BCUT2D eigenvalue weighted by molar-refractivity contribution is 0.0907. The molecule has 2 N–H and O–H groups in total. The highest BCUT2D eigenvalue weighted by atomic mass is 16.5. The van der Waals surface area contributed by atoms with E-state index in [-0.39, 0.29) is 6.61 Å². The van der Waals surface area contributed by atoms with Crippen molar-refractivity contribution in [3.05, 3.63) is 18.2 Å². The van der Waals surface area contributed by atoms with Crippen molar-refractivity contribution in [3.8, 4) is 0 Å². The van der Waals surface area contributed by atoms with Gasteiger partial charge in [-0.25, -0.2) is 4.98 Å². The molecule has 0 bridgehead atoms. The van der Waals surface area contributed by atoms with Crippen LogP contribution >= 0.6 is 0 Å². The van der Waals surface area contributed by atoms with Crippen LogP contribution in [0.25, 0.3) is 0 Å². The molecular weight excluding hydrogens is 194 g/mol. The average Bonchev–Trinajstić information content (AvgIpc) is 2.63. The largest absolute Gasteiger partial charge is 0.394 e. The zero-order valence-corrected chi connectivity index (χ0v) is 9.15. The number of ether oxygens (including phenoxy) is 1. The summed E-state index contributed by atoms with van der Waals surface area (Å²) in [6.45, 7) is 2.97. The van der Waals surface area contributed by atoms with Crippen LogP contribution in [0.15, 0.2) is 12.5 Å². The van der Waals surface area contributed by atoms with Crippen molar-refractivity contribution in [1.29, 1.82) is 0 Å². The predicted octanol–water partition coefficient (Wildman–Crippen LogP) is -0.0913. The third kappa shape index (κ3) is 4.92. The maximum Gasteiger partial charge on any atom is 0.0945 e. The van der Waals surface area contributed by atoms with Gasteiger partial charge in [-0.15, -0.1) is 0 Å². The molecule has 5 heteroatoms. The summed E-state index contributed by atoms with van der Waals surface area (Å²) in [6, 6.07) is 0. The summed E-state index contributed by atoms with van der Waals surface area (Å²) < 4.78 is 7.13. The summed E-state index contributed by atoms with van der Waals surface area (Å²) >= 11 is 0. The molecule has 0 aliphatic heterocycles. The van der Waals surface area contributed by atoms with Crippen molar-refractivity contribution in [2.45, 2.75) is 13.0 Å². The van der Waals surface area contributed by atoms with Crippen LogP contribution in [0, 0.1) is 0 Å². The molecule has 0 atom stereocenters. The molecule has 0 amide bonds. The van der Waals surface area contributed by atoms with Gasteiger partial charge in [-0.1, -0.05) is 0 Å². The van der Waals surface area contributed by atoms with Crippen LogP contribution in [0.5, 0.6) is 0 Å². The van der Waals surface area contributed by atoms with Gasteiger partial charge in [0.05, 0.1) is 25.2 Å². The Morgan fingerprint density at radius 3 is 3.07 bits per heavy atom. The number of aliphatic hydroxyl groups excluding tert-OH is 1. The second-order valence-electron chi connectivity index (χ2n) is 3.36. The van der Waals surface area contributed by atoms with Gasteiger partial charge >= 0.3 is 0 Å². The van der Waals surface area contributed by atoms with Gasteiger partial charge in [-0.05, 0) is 13.0 Å². The molecule has 0 radical (unpaired) electrons. The predicted molar refractivity (Wildman–Crippen MR) is 57.4 cm³/mol. The Balaban J connectivity index is 1.96. The van der Waals surface area contributed by atoms with Crippen molar-refractivity contribution in [2.24, 2.45) is 7.05 Å². The zero-order chi connectivity index (χ0) is 10.9. The fraction of sp³-hybridized carbons (Fsp3) is 0.700. The van der Waals surface area contributed by atoms with E-state index in [0.717, 1.165) is 19.5 Å². The highest BCUT2D eigenvalue weighted by Gasteiger charge is 1.96. The summed E-state index contributed by atoms with van der Waals surface area (Å²) in [6.07, 6.45) is 4.61. The molecule has 0 aliphatic carbocycles. The van der Waals surface area contributed by atoms with Crippen molar-refractivity contribution < 1.29 is 9.84 Å². The maximum absolute atomic E-state index is 8.47. The SMILES string of the molecule is Cn1cncc1CNCCCOCCO. The van der Waals surface area contributed by atoms with Gasteiger partial charge < -0.3 is 19.7 Å². The Morgan fingerprint density at radius 2 is 2.40 bits per heavy atom. The third-order valence-electron chi connectivity index (χ3n) is 2.10. The molecule has 0 aromatic carbocycles.